The van der Waals surface area contributed by atoms with Crippen molar-refractivity contribution in [3.63, 3.8) is 0 Å². The number of hydrogen-bond acceptors (Lipinski definition) is 3. The van der Waals surface area contributed by atoms with Gasteiger partial charge in [-0.25, -0.2) is 13.5 Å². The van der Waals surface area contributed by atoms with Crippen molar-refractivity contribution in [2.75, 3.05) is 12.4 Å². The number of sulfone groups is 1. The first-order valence-corrected chi connectivity index (χ1v) is 7.03. The van der Waals surface area contributed by atoms with Crippen LogP contribution < -0.4 is 0 Å². The van der Waals surface area contributed by atoms with Crippen LogP contribution in [0.5, 0.6) is 0 Å². The Kier molecular flexibility index (Phi) is 5.42. The van der Waals surface area contributed by atoms with Crippen molar-refractivity contribution in [3.8, 4) is 0 Å². The van der Waals surface area contributed by atoms with E-state index in [4.69, 9.17) is 0 Å². The molecule has 0 aliphatic carbocycles. The van der Waals surface area contributed by atoms with Gasteiger partial charge in [-0.2, -0.15) is 0 Å². The minimum absolute atomic E-state index is 0.0723. The van der Waals surface area contributed by atoms with Crippen LogP contribution in [0.3, 0.4) is 0 Å². The van der Waals surface area contributed by atoms with E-state index in [0.29, 0.717) is 17.7 Å². The van der Waals surface area contributed by atoms with E-state index in [1.807, 2.05) is 0 Å². The van der Waals surface area contributed by atoms with E-state index in [0.717, 1.165) is 12.8 Å². The number of unbranched alkanes of at least 4 members (excludes halogenated alkanes) is 3. The lowest BCUT2D eigenvalue weighted by Crippen LogP contribution is -2.06. The molecule has 0 saturated heterocycles. The maximum atomic E-state index is 11.8. The molecular formula is C11H16NO3S. The summed E-state index contributed by atoms with van der Waals surface area (Å²) in [6.07, 6.45) is 5.82. The third kappa shape index (κ3) is 4.28. The molecule has 89 valence electrons. The summed E-state index contributed by atoms with van der Waals surface area (Å²) in [7, 11) is -3.17. The molecule has 0 saturated carbocycles. The molecule has 1 heterocycles. The third-order valence-electron chi connectivity index (χ3n) is 2.32. The third-order valence-corrected chi connectivity index (χ3v) is 4.13. The van der Waals surface area contributed by atoms with Gasteiger partial charge in [0.2, 0.25) is 0 Å². The molecule has 0 unspecified atom stereocenters. The fourth-order valence-electron chi connectivity index (χ4n) is 1.41. The van der Waals surface area contributed by atoms with Gasteiger partial charge in [0.05, 0.1) is 17.3 Å². The van der Waals surface area contributed by atoms with Gasteiger partial charge >= 0.3 is 0 Å². The average Bonchev–Trinajstić information content (AvgIpc) is 2.30. The zero-order valence-electron chi connectivity index (χ0n) is 9.13. The van der Waals surface area contributed by atoms with Gasteiger partial charge in [-0.05, 0) is 25.0 Å². The Balaban J connectivity index is 2.41. The lowest BCUT2D eigenvalue weighted by molar-refractivity contribution is 0.186. The quantitative estimate of drug-likeness (QED) is 0.685. The van der Waals surface area contributed by atoms with Crippen molar-refractivity contribution in [2.24, 2.45) is 0 Å². The van der Waals surface area contributed by atoms with Crippen molar-refractivity contribution < 1.29 is 13.5 Å². The molecular weight excluding hydrogens is 226 g/mol. The summed E-state index contributed by atoms with van der Waals surface area (Å²) < 4.78 is 23.6. The normalized spacial score (nSPS) is 11.6. The summed E-state index contributed by atoms with van der Waals surface area (Å²) >= 11 is 0. The highest BCUT2D eigenvalue weighted by Crippen LogP contribution is 2.12. The molecule has 0 bridgehead atoms. The molecule has 1 rings (SSSR count). The molecule has 0 aliphatic rings. The summed E-state index contributed by atoms with van der Waals surface area (Å²) in [5.74, 6) is 0.149. The predicted molar refractivity (Wildman–Crippen MR) is 60.3 cm³/mol. The second-order valence-corrected chi connectivity index (χ2v) is 5.73. The molecule has 0 atom stereocenters. The minimum atomic E-state index is -3.17. The summed E-state index contributed by atoms with van der Waals surface area (Å²) in [6, 6.07) is 3.01. The van der Waals surface area contributed by atoms with Crippen LogP contribution in [-0.2, 0) is 14.9 Å². The van der Waals surface area contributed by atoms with Crippen LogP contribution >= 0.6 is 0 Å². The second-order valence-electron chi connectivity index (χ2n) is 3.62. The Labute approximate surface area is 96.3 Å². The van der Waals surface area contributed by atoms with Crippen LogP contribution in [0.15, 0.2) is 29.4 Å². The Morgan fingerprint density at radius 2 is 1.62 bits per heavy atom. The smallest absolute Gasteiger partial charge is 0.178 e. The Morgan fingerprint density at radius 3 is 2.25 bits per heavy atom. The van der Waals surface area contributed by atoms with Crippen LogP contribution in [0.2, 0.25) is 0 Å². The maximum absolute atomic E-state index is 11.8. The van der Waals surface area contributed by atoms with Crippen LogP contribution in [-0.4, -0.2) is 25.8 Å². The first-order valence-electron chi connectivity index (χ1n) is 5.38. The van der Waals surface area contributed by atoms with Crippen molar-refractivity contribution >= 4 is 9.84 Å². The van der Waals surface area contributed by atoms with Crippen molar-refractivity contribution in [3.05, 3.63) is 24.5 Å². The van der Waals surface area contributed by atoms with Crippen LogP contribution in [0, 0.1) is 0 Å². The SMILES string of the molecule is [O]CCCCCCS(=O)(=O)c1ccncc1. The van der Waals surface area contributed by atoms with E-state index in [-0.39, 0.29) is 12.4 Å². The predicted octanol–water partition coefficient (Wildman–Crippen LogP) is 1.85. The molecule has 0 aromatic carbocycles. The maximum Gasteiger partial charge on any atom is 0.178 e. The summed E-state index contributed by atoms with van der Waals surface area (Å²) in [5.41, 5.74) is 0. The monoisotopic (exact) mass is 242 g/mol. The first kappa shape index (κ1) is 13.1. The second kappa shape index (κ2) is 6.60. The Bertz CT molecular complexity index is 389. The van der Waals surface area contributed by atoms with Crippen LogP contribution in [0.25, 0.3) is 0 Å². The standard InChI is InChI=1S/C11H16NO3S/c13-9-3-1-2-4-10-16(14,15)11-5-7-12-8-6-11/h5-8H,1-4,9-10H2. The number of rotatable bonds is 7. The van der Waals surface area contributed by atoms with E-state index in [1.165, 1.54) is 24.5 Å². The molecule has 0 spiro atoms. The molecule has 1 radical (unpaired) electrons. The van der Waals surface area contributed by atoms with Crippen LogP contribution in [0.1, 0.15) is 25.7 Å². The summed E-state index contributed by atoms with van der Waals surface area (Å²) in [5, 5.41) is 10.2. The molecule has 16 heavy (non-hydrogen) atoms. The van der Waals surface area contributed by atoms with E-state index >= 15 is 0 Å². The molecule has 4 nitrogen and oxygen atoms in total. The molecule has 0 N–H and O–H groups in total. The van der Waals surface area contributed by atoms with Crippen LogP contribution in [0.4, 0.5) is 0 Å². The molecule has 0 fully saturated rings. The summed E-state index contributed by atoms with van der Waals surface area (Å²) in [6.45, 7) is -0.0723. The molecule has 5 heteroatoms. The lowest BCUT2D eigenvalue weighted by Gasteiger charge is -2.03. The van der Waals surface area contributed by atoms with Gasteiger partial charge in [0.15, 0.2) is 9.84 Å². The van der Waals surface area contributed by atoms with E-state index in [2.05, 4.69) is 4.98 Å². The minimum Gasteiger partial charge on any atom is -0.265 e. The number of hydrogen-bond donors (Lipinski definition) is 0. The van der Waals surface area contributed by atoms with Crippen molar-refractivity contribution in [1.82, 2.24) is 4.98 Å². The fourth-order valence-corrected chi connectivity index (χ4v) is 2.77. The van der Waals surface area contributed by atoms with Gasteiger partial charge in [0.25, 0.3) is 0 Å². The highest BCUT2D eigenvalue weighted by molar-refractivity contribution is 7.91. The van der Waals surface area contributed by atoms with Gasteiger partial charge in [-0.1, -0.05) is 12.8 Å². The number of pyridine rings is 1. The molecule has 1 aromatic heterocycles. The van der Waals surface area contributed by atoms with Gasteiger partial charge in [-0.3, -0.25) is 4.98 Å². The van der Waals surface area contributed by atoms with E-state index in [1.54, 1.807) is 0 Å². The molecule has 1 aromatic rings. The summed E-state index contributed by atoms with van der Waals surface area (Å²) in [4.78, 5) is 4.11. The topological polar surface area (TPSA) is 66.9 Å². The van der Waals surface area contributed by atoms with Gasteiger partial charge in [0, 0.05) is 12.4 Å². The highest BCUT2D eigenvalue weighted by atomic mass is 32.2. The zero-order chi connectivity index (χ0) is 11.9. The molecule has 0 amide bonds. The van der Waals surface area contributed by atoms with Gasteiger partial charge < -0.3 is 0 Å². The Morgan fingerprint density at radius 1 is 1.00 bits per heavy atom. The van der Waals surface area contributed by atoms with E-state index < -0.39 is 9.84 Å². The first-order chi connectivity index (χ1) is 7.67. The lowest BCUT2D eigenvalue weighted by atomic mass is 10.2. The fraction of sp³-hybridized carbons (Fsp3) is 0.545. The van der Waals surface area contributed by atoms with Gasteiger partial charge in [-0.15, -0.1) is 0 Å². The zero-order valence-corrected chi connectivity index (χ0v) is 9.95. The average molecular weight is 242 g/mol. The number of nitrogens with zero attached hydrogens (tertiary/aromatic N) is 1. The molecule has 0 aliphatic heterocycles. The van der Waals surface area contributed by atoms with Crippen molar-refractivity contribution in [1.29, 1.82) is 0 Å². The van der Waals surface area contributed by atoms with Crippen molar-refractivity contribution in [2.45, 2.75) is 30.6 Å². The Hall–Kier alpha value is -0.940. The van der Waals surface area contributed by atoms with Gasteiger partial charge in [0.1, 0.15) is 0 Å². The highest BCUT2D eigenvalue weighted by Gasteiger charge is 2.12. The largest absolute Gasteiger partial charge is 0.265 e. The number of aromatic nitrogens is 1. The van der Waals surface area contributed by atoms with E-state index in [9.17, 15) is 13.5 Å².